The number of hydrogen-bond acceptors (Lipinski definition) is 5. The highest BCUT2D eigenvalue weighted by Crippen LogP contribution is 2.44. The highest BCUT2D eigenvalue weighted by Gasteiger charge is 2.48. The maximum atomic E-state index is 15.1. The highest BCUT2D eigenvalue weighted by molar-refractivity contribution is 5.97. The van der Waals surface area contributed by atoms with Gasteiger partial charge in [-0.05, 0) is 37.0 Å². The molecule has 3 aliphatic rings. The van der Waals surface area contributed by atoms with Crippen LogP contribution in [0.25, 0.3) is 0 Å². The normalized spacial score (nSPS) is 20.7. The van der Waals surface area contributed by atoms with E-state index in [0.29, 0.717) is 5.56 Å². The molecule has 0 unspecified atom stereocenters. The number of rotatable bonds is 1. The molecule has 1 N–H and O–H groups in total. The van der Waals surface area contributed by atoms with Gasteiger partial charge in [-0.25, -0.2) is 4.39 Å². The third-order valence-electron chi connectivity index (χ3n) is 7.28. The largest absolute Gasteiger partial charge is 0.502 e. The molecule has 2 bridgehead atoms. The predicted molar refractivity (Wildman–Crippen MR) is 134 cm³/mol. The van der Waals surface area contributed by atoms with Crippen LogP contribution in [0.3, 0.4) is 0 Å². The van der Waals surface area contributed by atoms with Crippen LogP contribution < -0.4 is 15.2 Å². The minimum Gasteiger partial charge on any atom is -0.502 e. The summed E-state index contributed by atoms with van der Waals surface area (Å²) in [5, 5.41) is 12.6. The molecule has 1 saturated carbocycles. The molecule has 36 heavy (non-hydrogen) atoms. The number of carbonyl (C=O) groups is 1. The number of benzene rings is 2. The van der Waals surface area contributed by atoms with Gasteiger partial charge < -0.3 is 14.7 Å². The lowest BCUT2D eigenvalue weighted by Crippen LogP contribution is -2.64. The molecule has 186 valence electrons. The van der Waals surface area contributed by atoms with E-state index in [4.69, 9.17) is 4.74 Å². The zero-order valence-electron chi connectivity index (χ0n) is 18.9. The zero-order valence-corrected chi connectivity index (χ0v) is 18.9. The molecule has 1 amide bonds. The van der Waals surface area contributed by atoms with Gasteiger partial charge in [0.25, 0.3) is 5.91 Å². The quantitative estimate of drug-likeness (QED) is 0.515. The standard InChI is InChI=1S/C27H24FN3O4.CH4/c28-20-10-4-9-19-22(18-7-2-1-3-8-18)31-17-29(26(34)23-24(33)21(32)11-15-30(23)31)27(12-5-13-27)14-6-16-35-25(19)20;/h1-4,6-11,14-15,22,33H,5,12-13,16-17H2;1H4/b14-6+;/t22-;/m0./s1. The Morgan fingerprint density at radius 2 is 1.81 bits per heavy atom. The molecular formula is C28H28FN3O4. The molecule has 2 aliphatic heterocycles. The Kier molecular flexibility index (Phi) is 5.82. The fourth-order valence-corrected chi connectivity index (χ4v) is 5.39. The SMILES string of the molecule is C.O=C1c2c(O)c(=O)ccn2N2CN1C1(/C=C/COc3c(F)cccc3[C@@H]2c2ccccc2)CCC1. The summed E-state index contributed by atoms with van der Waals surface area (Å²) in [5.74, 6) is -1.36. The molecule has 3 aromatic rings. The average molecular weight is 490 g/mol. The van der Waals surface area contributed by atoms with Crippen molar-refractivity contribution in [2.45, 2.75) is 38.3 Å². The number of hydrogen-bond donors (Lipinski definition) is 1. The van der Waals surface area contributed by atoms with Crippen molar-refractivity contribution in [1.29, 1.82) is 0 Å². The fraction of sp³-hybridized carbons (Fsp3) is 0.286. The molecule has 1 atom stereocenters. The van der Waals surface area contributed by atoms with Crippen molar-refractivity contribution >= 4 is 5.91 Å². The van der Waals surface area contributed by atoms with E-state index in [-0.39, 0.29) is 32.1 Å². The summed E-state index contributed by atoms with van der Waals surface area (Å²) >= 11 is 0. The summed E-state index contributed by atoms with van der Waals surface area (Å²) in [6.07, 6.45) is 7.70. The summed E-state index contributed by atoms with van der Waals surface area (Å²) < 4.78 is 22.6. The van der Waals surface area contributed by atoms with Gasteiger partial charge in [0.05, 0.1) is 5.54 Å². The molecule has 0 radical (unpaired) electrons. The smallest absolute Gasteiger partial charge is 0.278 e. The number of ether oxygens (including phenoxy) is 1. The average Bonchev–Trinajstić information content (AvgIpc) is 2.86. The number of para-hydroxylation sites is 1. The van der Waals surface area contributed by atoms with Gasteiger partial charge in [0, 0.05) is 17.8 Å². The van der Waals surface area contributed by atoms with Gasteiger partial charge in [0.1, 0.15) is 19.3 Å². The van der Waals surface area contributed by atoms with Crippen LogP contribution in [0, 0.1) is 5.82 Å². The van der Waals surface area contributed by atoms with Crippen LogP contribution in [-0.2, 0) is 0 Å². The van der Waals surface area contributed by atoms with Crippen LogP contribution >= 0.6 is 0 Å². The van der Waals surface area contributed by atoms with Crippen LogP contribution in [-0.4, -0.2) is 39.4 Å². The Bertz CT molecular complexity index is 1400. The lowest BCUT2D eigenvalue weighted by Gasteiger charge is -2.53. The van der Waals surface area contributed by atoms with E-state index in [2.05, 4.69) is 0 Å². The second kappa shape index (κ2) is 8.86. The zero-order chi connectivity index (χ0) is 24.2. The van der Waals surface area contributed by atoms with E-state index in [9.17, 15) is 14.7 Å². The minimum absolute atomic E-state index is 0. The van der Waals surface area contributed by atoms with Gasteiger partial charge in [0.15, 0.2) is 23.0 Å². The number of aromatic hydroxyl groups is 1. The van der Waals surface area contributed by atoms with E-state index < -0.39 is 34.5 Å². The van der Waals surface area contributed by atoms with E-state index in [1.54, 1.807) is 17.0 Å². The van der Waals surface area contributed by atoms with Crippen LogP contribution in [0.2, 0.25) is 0 Å². The second-order valence-corrected chi connectivity index (χ2v) is 9.18. The molecule has 1 fully saturated rings. The molecule has 1 aliphatic carbocycles. The van der Waals surface area contributed by atoms with Gasteiger partial charge in [-0.3, -0.25) is 19.3 Å². The Morgan fingerprint density at radius 3 is 2.53 bits per heavy atom. The maximum absolute atomic E-state index is 15.1. The first-order valence-electron chi connectivity index (χ1n) is 11.7. The number of amides is 1. The van der Waals surface area contributed by atoms with E-state index in [1.165, 1.54) is 23.0 Å². The van der Waals surface area contributed by atoms with Crippen molar-refractivity contribution in [2.75, 3.05) is 18.3 Å². The van der Waals surface area contributed by atoms with Crippen LogP contribution in [0.4, 0.5) is 4.39 Å². The number of fused-ring (bicyclic) bond motifs is 6. The van der Waals surface area contributed by atoms with Crippen molar-refractivity contribution in [3.63, 3.8) is 0 Å². The van der Waals surface area contributed by atoms with Crippen molar-refractivity contribution < 1.29 is 19.0 Å². The Balaban J connectivity index is 0.00000267. The third kappa shape index (κ3) is 3.47. The van der Waals surface area contributed by atoms with Gasteiger partial charge in [-0.15, -0.1) is 0 Å². The maximum Gasteiger partial charge on any atom is 0.278 e. The van der Waals surface area contributed by atoms with Gasteiger partial charge >= 0.3 is 0 Å². The fourth-order valence-electron chi connectivity index (χ4n) is 5.39. The summed E-state index contributed by atoms with van der Waals surface area (Å²) in [6.45, 7) is 0.323. The summed E-state index contributed by atoms with van der Waals surface area (Å²) in [4.78, 5) is 27.9. The van der Waals surface area contributed by atoms with Crippen LogP contribution in [0.5, 0.6) is 11.5 Å². The van der Waals surface area contributed by atoms with Crippen molar-refractivity contribution in [1.82, 2.24) is 9.58 Å². The highest BCUT2D eigenvalue weighted by atomic mass is 19.1. The minimum atomic E-state index is -0.625. The Labute approximate surface area is 208 Å². The molecule has 8 heteroatoms. The lowest BCUT2D eigenvalue weighted by atomic mass is 9.74. The van der Waals surface area contributed by atoms with Crippen LogP contribution in [0.15, 0.2) is 77.7 Å². The van der Waals surface area contributed by atoms with Crippen molar-refractivity contribution in [2.24, 2.45) is 0 Å². The first kappa shape index (κ1) is 23.7. The van der Waals surface area contributed by atoms with E-state index in [0.717, 1.165) is 24.8 Å². The van der Waals surface area contributed by atoms with E-state index in [1.807, 2.05) is 47.5 Å². The third-order valence-corrected chi connectivity index (χ3v) is 7.28. The Hall–Kier alpha value is -4.07. The first-order chi connectivity index (χ1) is 17.0. The number of aromatic nitrogens is 1. The van der Waals surface area contributed by atoms with Gasteiger partial charge in [-0.2, -0.15) is 0 Å². The lowest BCUT2D eigenvalue weighted by molar-refractivity contribution is 0.0255. The first-order valence-corrected chi connectivity index (χ1v) is 11.7. The topological polar surface area (TPSA) is 75.0 Å². The molecule has 2 aromatic carbocycles. The number of halogens is 1. The van der Waals surface area contributed by atoms with Crippen molar-refractivity contribution in [3.05, 3.63) is 106 Å². The van der Waals surface area contributed by atoms with Crippen molar-refractivity contribution in [3.8, 4) is 11.5 Å². The molecule has 7 nitrogen and oxygen atoms in total. The predicted octanol–water partition coefficient (Wildman–Crippen LogP) is 4.34. The van der Waals surface area contributed by atoms with Gasteiger partial charge in [0.2, 0.25) is 5.43 Å². The van der Waals surface area contributed by atoms with Gasteiger partial charge in [-0.1, -0.05) is 56.0 Å². The summed E-state index contributed by atoms with van der Waals surface area (Å²) in [6, 6.07) is 15.0. The number of nitrogens with zero attached hydrogens (tertiary/aromatic N) is 3. The van der Waals surface area contributed by atoms with Crippen LogP contribution in [0.1, 0.15) is 54.3 Å². The molecule has 0 saturated heterocycles. The Morgan fingerprint density at radius 1 is 1.03 bits per heavy atom. The molecule has 1 spiro atoms. The number of pyridine rings is 1. The molecule has 3 heterocycles. The second-order valence-electron chi connectivity index (χ2n) is 9.18. The van der Waals surface area contributed by atoms with E-state index >= 15 is 4.39 Å². The molecule has 6 rings (SSSR count). The monoisotopic (exact) mass is 489 g/mol. The summed E-state index contributed by atoms with van der Waals surface area (Å²) in [7, 11) is 0. The molecular weight excluding hydrogens is 461 g/mol. The molecule has 1 aromatic heterocycles. The number of carbonyl (C=O) groups excluding carboxylic acids is 1. The summed E-state index contributed by atoms with van der Waals surface area (Å²) in [5.41, 5.74) is 0.129.